The van der Waals surface area contributed by atoms with Gasteiger partial charge in [0.05, 0.1) is 12.0 Å². The molecule has 258 valence electrons. The first-order chi connectivity index (χ1) is 21.8. The van der Waals surface area contributed by atoms with Crippen molar-refractivity contribution in [1.82, 2.24) is 21.1 Å². The van der Waals surface area contributed by atoms with Crippen molar-refractivity contribution in [3.63, 3.8) is 0 Å². The van der Waals surface area contributed by atoms with Crippen LogP contribution in [0.5, 0.6) is 5.75 Å². The first-order valence-electron chi connectivity index (χ1n) is 15.0. The molecule has 1 aliphatic heterocycles. The van der Waals surface area contributed by atoms with E-state index in [1.54, 1.807) is 34.6 Å². The average molecular weight is 670 g/mol. The summed E-state index contributed by atoms with van der Waals surface area (Å²) in [7, 11) is 0. The lowest BCUT2D eigenvalue weighted by molar-refractivity contribution is -0.134. The summed E-state index contributed by atoms with van der Waals surface area (Å²) < 4.78 is 65.7. The number of nitrogens with two attached hydrogens (primary N) is 1. The molecule has 0 bridgehead atoms. The SMILES string of the molecule is Cc1onc(C(N)=O)c1[C@@H](C(=O)N[C@@H](CC(C)C)C(=O)N[C@@H](C[C@@H]1CCNC1=O)C(=O)COc1c(F)c(F)cc(F)c1F)C(C)(C)C. The van der Waals surface area contributed by atoms with E-state index < -0.39 is 94.4 Å². The molecular formula is C31H39F4N5O7. The molecule has 0 spiro atoms. The summed E-state index contributed by atoms with van der Waals surface area (Å²) in [6, 6.07) is -2.73. The Balaban J connectivity index is 1.90. The van der Waals surface area contributed by atoms with Crippen LogP contribution in [0.2, 0.25) is 0 Å². The van der Waals surface area contributed by atoms with Gasteiger partial charge in [0.25, 0.3) is 5.91 Å². The van der Waals surface area contributed by atoms with Crippen LogP contribution >= 0.6 is 0 Å². The predicted octanol–water partition coefficient (Wildman–Crippen LogP) is 2.96. The second-order valence-electron chi connectivity index (χ2n) is 13.0. The molecular weight excluding hydrogens is 630 g/mol. The fourth-order valence-corrected chi connectivity index (χ4v) is 5.43. The molecule has 1 fully saturated rings. The smallest absolute Gasteiger partial charge is 0.271 e. The van der Waals surface area contributed by atoms with Crippen LogP contribution in [-0.4, -0.2) is 59.8 Å². The summed E-state index contributed by atoms with van der Waals surface area (Å²) in [6.45, 7) is 9.44. The number of hydrogen-bond donors (Lipinski definition) is 4. The number of benzene rings is 1. The molecule has 4 amide bonds. The molecule has 3 rings (SSSR count). The number of carbonyl (C=O) groups is 5. The van der Waals surface area contributed by atoms with Gasteiger partial charge in [0.15, 0.2) is 28.9 Å². The quantitative estimate of drug-likeness (QED) is 0.175. The molecule has 2 heterocycles. The Bertz CT molecular complexity index is 1510. The molecule has 1 aliphatic rings. The van der Waals surface area contributed by atoms with Crippen molar-refractivity contribution in [2.45, 2.75) is 78.8 Å². The Labute approximate surface area is 268 Å². The Morgan fingerprint density at radius 3 is 2.17 bits per heavy atom. The molecule has 1 aromatic heterocycles. The van der Waals surface area contributed by atoms with Crippen LogP contribution in [0.15, 0.2) is 10.6 Å². The van der Waals surface area contributed by atoms with E-state index in [2.05, 4.69) is 21.1 Å². The molecule has 1 aromatic carbocycles. The fourth-order valence-electron chi connectivity index (χ4n) is 5.43. The van der Waals surface area contributed by atoms with Gasteiger partial charge < -0.3 is 30.9 Å². The van der Waals surface area contributed by atoms with E-state index in [0.29, 0.717) is 13.0 Å². The number of nitrogens with one attached hydrogen (secondary N) is 3. The molecule has 16 heteroatoms. The molecule has 0 radical (unpaired) electrons. The minimum Gasteiger partial charge on any atom is -0.479 e. The molecule has 4 atom stereocenters. The zero-order chi connectivity index (χ0) is 35.4. The Morgan fingerprint density at radius 1 is 1.06 bits per heavy atom. The van der Waals surface area contributed by atoms with E-state index in [4.69, 9.17) is 15.0 Å². The first kappa shape index (κ1) is 37.0. The number of aryl methyl sites for hydroxylation is 1. The van der Waals surface area contributed by atoms with E-state index in [0.717, 1.165) is 0 Å². The fraction of sp³-hybridized carbons (Fsp3) is 0.548. The monoisotopic (exact) mass is 669 g/mol. The van der Waals surface area contributed by atoms with E-state index in [-0.39, 0.29) is 41.8 Å². The highest BCUT2D eigenvalue weighted by atomic mass is 19.2. The number of halogens is 4. The molecule has 0 aliphatic carbocycles. The van der Waals surface area contributed by atoms with Crippen molar-refractivity contribution >= 4 is 29.4 Å². The number of carbonyl (C=O) groups excluding carboxylic acids is 5. The van der Waals surface area contributed by atoms with E-state index in [1.165, 1.54) is 6.92 Å². The Kier molecular flexibility index (Phi) is 11.7. The molecule has 1 saturated heterocycles. The second kappa shape index (κ2) is 14.9. The van der Waals surface area contributed by atoms with Gasteiger partial charge in [0.2, 0.25) is 29.4 Å². The number of amides is 4. The van der Waals surface area contributed by atoms with Gasteiger partial charge in [0.1, 0.15) is 18.4 Å². The van der Waals surface area contributed by atoms with Gasteiger partial charge in [-0.15, -0.1) is 0 Å². The summed E-state index contributed by atoms with van der Waals surface area (Å²) in [6.07, 6.45) is 0.161. The van der Waals surface area contributed by atoms with Gasteiger partial charge >= 0.3 is 0 Å². The van der Waals surface area contributed by atoms with Crippen molar-refractivity contribution in [1.29, 1.82) is 0 Å². The van der Waals surface area contributed by atoms with Gasteiger partial charge in [-0.25, -0.2) is 8.78 Å². The van der Waals surface area contributed by atoms with Gasteiger partial charge in [0, 0.05) is 24.1 Å². The van der Waals surface area contributed by atoms with Crippen molar-refractivity contribution in [2.75, 3.05) is 13.2 Å². The van der Waals surface area contributed by atoms with Crippen LogP contribution < -0.4 is 26.4 Å². The molecule has 0 saturated carbocycles. The number of rotatable bonds is 14. The van der Waals surface area contributed by atoms with Crippen LogP contribution in [0.25, 0.3) is 0 Å². The van der Waals surface area contributed by atoms with Crippen LogP contribution in [0.1, 0.15) is 81.6 Å². The summed E-state index contributed by atoms with van der Waals surface area (Å²) in [5.74, 6) is -14.2. The topological polar surface area (TPSA) is 183 Å². The van der Waals surface area contributed by atoms with Crippen LogP contribution in [0.4, 0.5) is 17.6 Å². The maximum atomic E-state index is 14.2. The van der Waals surface area contributed by atoms with Gasteiger partial charge in [-0.2, -0.15) is 8.78 Å². The highest BCUT2D eigenvalue weighted by molar-refractivity contribution is 5.98. The maximum absolute atomic E-state index is 14.2. The third-order valence-electron chi connectivity index (χ3n) is 7.72. The van der Waals surface area contributed by atoms with Crippen molar-refractivity contribution in [3.05, 3.63) is 46.4 Å². The normalized spacial score (nSPS) is 16.7. The molecule has 12 nitrogen and oxygen atoms in total. The number of aromatic nitrogens is 1. The third kappa shape index (κ3) is 8.86. The molecule has 47 heavy (non-hydrogen) atoms. The lowest BCUT2D eigenvalue weighted by Crippen LogP contribution is -2.54. The van der Waals surface area contributed by atoms with Gasteiger partial charge in [-0.1, -0.05) is 39.8 Å². The molecule has 2 aromatic rings. The maximum Gasteiger partial charge on any atom is 0.271 e. The molecule has 0 unspecified atom stereocenters. The van der Waals surface area contributed by atoms with Crippen LogP contribution in [0.3, 0.4) is 0 Å². The summed E-state index contributed by atoms with van der Waals surface area (Å²) in [4.78, 5) is 65.3. The summed E-state index contributed by atoms with van der Waals surface area (Å²) >= 11 is 0. The predicted molar refractivity (Wildman–Crippen MR) is 158 cm³/mol. The lowest BCUT2D eigenvalue weighted by Gasteiger charge is -2.32. The van der Waals surface area contributed by atoms with Gasteiger partial charge in [-0.3, -0.25) is 24.0 Å². The van der Waals surface area contributed by atoms with Crippen molar-refractivity contribution in [2.24, 2.45) is 23.0 Å². The highest BCUT2D eigenvalue weighted by Gasteiger charge is 2.41. The summed E-state index contributed by atoms with van der Waals surface area (Å²) in [5, 5.41) is 11.5. The Morgan fingerprint density at radius 2 is 1.66 bits per heavy atom. The van der Waals surface area contributed by atoms with Crippen LogP contribution in [-0.2, 0) is 19.2 Å². The van der Waals surface area contributed by atoms with Crippen molar-refractivity contribution < 1.29 is 50.8 Å². The number of ketones is 1. The third-order valence-corrected chi connectivity index (χ3v) is 7.72. The number of hydrogen-bond acceptors (Lipinski definition) is 8. The van der Waals surface area contributed by atoms with Gasteiger partial charge in [-0.05, 0) is 37.5 Å². The minimum absolute atomic E-state index is 0.0203. The number of primary amides is 1. The van der Waals surface area contributed by atoms with Crippen molar-refractivity contribution in [3.8, 4) is 5.75 Å². The largest absolute Gasteiger partial charge is 0.479 e. The number of nitrogens with zero attached hydrogens (tertiary/aromatic N) is 1. The zero-order valence-electron chi connectivity index (χ0n) is 26.9. The van der Waals surface area contributed by atoms with E-state index in [9.17, 15) is 41.5 Å². The number of ether oxygens (including phenoxy) is 1. The average Bonchev–Trinajstić information content (AvgIpc) is 3.54. The highest BCUT2D eigenvalue weighted by Crippen LogP contribution is 2.39. The Hall–Kier alpha value is -4.50. The second-order valence-corrected chi connectivity index (χ2v) is 13.0. The first-order valence-corrected chi connectivity index (χ1v) is 15.0. The van der Waals surface area contributed by atoms with E-state index in [1.807, 2.05) is 0 Å². The number of Topliss-reactive ketones (excluding diaryl/α,β-unsaturated/α-hetero) is 1. The zero-order valence-corrected chi connectivity index (χ0v) is 26.9. The standard InChI is InChI=1S/C31H39F4N5O7/c1-13(2)9-19(39-30(45)22(31(4,5)6)21-14(3)47-40-25(21)27(36)42)29(44)38-18(10-15-7-8-37-28(15)43)20(41)12-46-26-23(34)16(32)11-17(33)24(26)35/h11,13,15,18-19,22H,7-10,12H2,1-6H3,(H2,36,42)(H,37,43)(H,38,44)(H,39,45)/t15-,18-,19-,22-/m0/s1. The van der Waals surface area contributed by atoms with E-state index >= 15 is 0 Å². The summed E-state index contributed by atoms with van der Waals surface area (Å²) in [5.41, 5.74) is 4.54. The lowest BCUT2D eigenvalue weighted by atomic mass is 9.74. The van der Waals surface area contributed by atoms with Crippen LogP contribution in [0, 0.1) is 47.4 Å². The minimum atomic E-state index is -1.86. The molecule has 5 N–H and O–H groups in total.